The fourth-order valence-electron chi connectivity index (χ4n) is 2.36. The third-order valence-electron chi connectivity index (χ3n) is 3.73. The van der Waals surface area contributed by atoms with Gasteiger partial charge in [0.05, 0.1) is 11.6 Å². The Morgan fingerprint density at radius 3 is 2.79 bits per heavy atom. The molecule has 1 saturated heterocycles. The van der Waals surface area contributed by atoms with Gasteiger partial charge in [-0.25, -0.2) is 0 Å². The van der Waals surface area contributed by atoms with E-state index in [4.69, 9.17) is 9.47 Å². The largest absolute Gasteiger partial charge is 0.496 e. The molecule has 2 rings (SSSR count). The molecule has 106 valence electrons. The molecule has 19 heavy (non-hydrogen) atoms. The summed E-state index contributed by atoms with van der Waals surface area (Å²) in [4.78, 5) is 0. The maximum Gasteiger partial charge on any atom is 0.133 e. The van der Waals surface area contributed by atoms with Gasteiger partial charge in [-0.15, -0.1) is 0 Å². The topological polar surface area (TPSA) is 30.5 Å². The first-order valence-electron chi connectivity index (χ1n) is 6.85. The zero-order valence-corrected chi connectivity index (χ0v) is 13.2. The number of rotatable bonds is 5. The molecule has 0 radical (unpaired) electrons. The van der Waals surface area contributed by atoms with Crippen LogP contribution in [0.5, 0.6) is 5.75 Å². The van der Waals surface area contributed by atoms with E-state index < -0.39 is 0 Å². The van der Waals surface area contributed by atoms with Crippen molar-refractivity contribution < 1.29 is 9.47 Å². The van der Waals surface area contributed by atoms with E-state index in [2.05, 4.69) is 40.3 Å². The number of nitrogens with one attached hydrogen (secondary N) is 1. The maximum absolute atomic E-state index is 5.38. The van der Waals surface area contributed by atoms with E-state index >= 15 is 0 Å². The van der Waals surface area contributed by atoms with Gasteiger partial charge >= 0.3 is 0 Å². The van der Waals surface area contributed by atoms with Crippen molar-refractivity contribution in [3.63, 3.8) is 0 Å². The quantitative estimate of drug-likeness (QED) is 0.897. The smallest absolute Gasteiger partial charge is 0.133 e. The highest BCUT2D eigenvalue weighted by molar-refractivity contribution is 9.10. The van der Waals surface area contributed by atoms with Gasteiger partial charge in [0.25, 0.3) is 0 Å². The maximum atomic E-state index is 5.38. The monoisotopic (exact) mass is 327 g/mol. The Balaban J connectivity index is 1.88. The SMILES string of the molecule is COc1ccc([C@@H](C)NCC2CCOCC2)cc1Br. The number of halogens is 1. The standard InChI is InChI=1S/C15H22BrNO2/c1-11(17-10-12-5-7-19-8-6-12)13-3-4-15(18-2)14(16)9-13/h3-4,9,11-12,17H,5-8,10H2,1-2H3/t11-/m1/s1. The van der Waals surface area contributed by atoms with Gasteiger partial charge in [-0.05, 0) is 65.9 Å². The molecule has 1 N–H and O–H groups in total. The van der Waals surface area contributed by atoms with E-state index in [-0.39, 0.29) is 0 Å². The van der Waals surface area contributed by atoms with Gasteiger partial charge in [0.1, 0.15) is 5.75 Å². The van der Waals surface area contributed by atoms with Crippen LogP contribution >= 0.6 is 15.9 Å². The molecular formula is C15H22BrNO2. The Hall–Kier alpha value is -0.580. The predicted octanol–water partition coefficient (Wildman–Crippen LogP) is 3.53. The molecule has 0 bridgehead atoms. The van der Waals surface area contributed by atoms with Crippen molar-refractivity contribution in [3.05, 3.63) is 28.2 Å². The average Bonchev–Trinajstić information content (AvgIpc) is 2.45. The lowest BCUT2D eigenvalue weighted by molar-refractivity contribution is 0.0656. The van der Waals surface area contributed by atoms with Crippen molar-refractivity contribution in [2.45, 2.75) is 25.8 Å². The Morgan fingerprint density at radius 1 is 1.42 bits per heavy atom. The molecule has 1 aromatic carbocycles. The summed E-state index contributed by atoms with van der Waals surface area (Å²) in [7, 11) is 1.69. The number of methoxy groups -OCH3 is 1. The summed E-state index contributed by atoms with van der Waals surface area (Å²) < 4.78 is 11.6. The van der Waals surface area contributed by atoms with Crippen LogP contribution in [-0.2, 0) is 4.74 Å². The van der Waals surface area contributed by atoms with Gasteiger partial charge in [0.15, 0.2) is 0 Å². The summed E-state index contributed by atoms with van der Waals surface area (Å²) in [5, 5.41) is 3.62. The highest BCUT2D eigenvalue weighted by Crippen LogP contribution is 2.28. The summed E-state index contributed by atoms with van der Waals surface area (Å²) in [6.45, 7) is 5.09. The fourth-order valence-corrected chi connectivity index (χ4v) is 2.92. The van der Waals surface area contributed by atoms with Gasteiger partial charge < -0.3 is 14.8 Å². The molecule has 0 spiro atoms. The molecule has 3 nitrogen and oxygen atoms in total. The predicted molar refractivity (Wildman–Crippen MR) is 80.7 cm³/mol. The van der Waals surface area contributed by atoms with Crippen molar-refractivity contribution in [3.8, 4) is 5.75 Å². The molecular weight excluding hydrogens is 306 g/mol. The van der Waals surface area contributed by atoms with E-state index in [1.807, 2.05) is 6.07 Å². The van der Waals surface area contributed by atoms with Crippen LogP contribution in [-0.4, -0.2) is 26.9 Å². The van der Waals surface area contributed by atoms with Gasteiger partial charge in [-0.1, -0.05) is 6.07 Å². The van der Waals surface area contributed by atoms with E-state index in [9.17, 15) is 0 Å². The second-order valence-corrected chi connectivity index (χ2v) is 5.93. The van der Waals surface area contributed by atoms with Crippen LogP contribution in [0.15, 0.2) is 22.7 Å². The number of hydrogen-bond donors (Lipinski definition) is 1. The second-order valence-electron chi connectivity index (χ2n) is 5.08. The average molecular weight is 328 g/mol. The van der Waals surface area contributed by atoms with Gasteiger partial charge in [-0.2, -0.15) is 0 Å². The molecule has 1 atom stereocenters. The fraction of sp³-hybridized carbons (Fsp3) is 0.600. The molecule has 1 fully saturated rings. The molecule has 1 aliphatic rings. The highest BCUT2D eigenvalue weighted by atomic mass is 79.9. The van der Waals surface area contributed by atoms with Crippen LogP contribution in [0.1, 0.15) is 31.4 Å². The summed E-state index contributed by atoms with van der Waals surface area (Å²) >= 11 is 3.53. The van der Waals surface area contributed by atoms with Gasteiger partial charge in [0, 0.05) is 19.3 Å². The number of benzene rings is 1. The first-order valence-corrected chi connectivity index (χ1v) is 7.64. The minimum Gasteiger partial charge on any atom is -0.496 e. The Labute approximate surface area is 123 Å². The lowest BCUT2D eigenvalue weighted by Crippen LogP contribution is -2.29. The molecule has 0 amide bonds. The Morgan fingerprint density at radius 2 is 2.16 bits per heavy atom. The number of ether oxygens (including phenoxy) is 2. The molecule has 0 saturated carbocycles. The van der Waals surface area contributed by atoms with Crippen molar-refractivity contribution in [2.75, 3.05) is 26.9 Å². The van der Waals surface area contributed by atoms with E-state index in [1.165, 1.54) is 18.4 Å². The lowest BCUT2D eigenvalue weighted by atomic mass is 9.99. The van der Waals surface area contributed by atoms with Crippen molar-refractivity contribution in [1.82, 2.24) is 5.32 Å². The number of hydrogen-bond acceptors (Lipinski definition) is 3. The summed E-state index contributed by atoms with van der Waals surface area (Å²) in [5.74, 6) is 1.62. The summed E-state index contributed by atoms with van der Waals surface area (Å²) in [5.41, 5.74) is 1.28. The zero-order valence-electron chi connectivity index (χ0n) is 11.6. The third kappa shape index (κ3) is 4.20. The molecule has 0 aliphatic carbocycles. The minimum absolute atomic E-state index is 0.352. The normalized spacial score (nSPS) is 18.3. The van der Waals surface area contributed by atoms with Crippen molar-refractivity contribution in [2.24, 2.45) is 5.92 Å². The van der Waals surface area contributed by atoms with Crippen LogP contribution < -0.4 is 10.1 Å². The van der Waals surface area contributed by atoms with Gasteiger partial charge in [-0.3, -0.25) is 0 Å². The molecule has 4 heteroatoms. The van der Waals surface area contributed by atoms with E-state index in [0.29, 0.717) is 6.04 Å². The van der Waals surface area contributed by atoms with Crippen LogP contribution in [0.3, 0.4) is 0 Å². The van der Waals surface area contributed by atoms with E-state index in [1.54, 1.807) is 7.11 Å². The van der Waals surface area contributed by atoms with Crippen LogP contribution in [0.2, 0.25) is 0 Å². The summed E-state index contributed by atoms with van der Waals surface area (Å²) in [6.07, 6.45) is 2.35. The highest BCUT2D eigenvalue weighted by Gasteiger charge is 2.15. The van der Waals surface area contributed by atoms with Crippen LogP contribution in [0, 0.1) is 5.92 Å². The van der Waals surface area contributed by atoms with Gasteiger partial charge in [0.2, 0.25) is 0 Å². The van der Waals surface area contributed by atoms with E-state index in [0.717, 1.165) is 35.9 Å². The molecule has 1 heterocycles. The molecule has 1 aromatic rings. The zero-order chi connectivity index (χ0) is 13.7. The van der Waals surface area contributed by atoms with Crippen molar-refractivity contribution in [1.29, 1.82) is 0 Å². The molecule has 1 aliphatic heterocycles. The summed E-state index contributed by atoms with van der Waals surface area (Å²) in [6, 6.07) is 6.60. The minimum atomic E-state index is 0.352. The van der Waals surface area contributed by atoms with Crippen LogP contribution in [0.25, 0.3) is 0 Å². The molecule has 0 unspecified atom stereocenters. The lowest BCUT2D eigenvalue weighted by Gasteiger charge is -2.24. The molecule has 0 aromatic heterocycles. The first-order chi connectivity index (χ1) is 9.20. The Kier molecular flexibility index (Phi) is 5.67. The van der Waals surface area contributed by atoms with Crippen molar-refractivity contribution >= 4 is 15.9 Å². The third-order valence-corrected chi connectivity index (χ3v) is 4.35. The van der Waals surface area contributed by atoms with Crippen LogP contribution in [0.4, 0.5) is 0 Å². The Bertz CT molecular complexity index is 405. The first kappa shape index (κ1) is 14.8. The second kappa shape index (κ2) is 7.27.